The van der Waals surface area contributed by atoms with Crippen molar-refractivity contribution in [3.63, 3.8) is 0 Å². The van der Waals surface area contributed by atoms with Crippen molar-refractivity contribution in [1.82, 2.24) is 0 Å². The van der Waals surface area contributed by atoms with E-state index in [2.05, 4.69) is 25.1 Å². The van der Waals surface area contributed by atoms with Gasteiger partial charge in [0.05, 0.1) is 0 Å². The van der Waals surface area contributed by atoms with Crippen molar-refractivity contribution < 1.29 is 5.11 Å². The van der Waals surface area contributed by atoms with Crippen molar-refractivity contribution in [3.8, 4) is 0 Å². The van der Waals surface area contributed by atoms with Gasteiger partial charge < -0.3 is 5.11 Å². The van der Waals surface area contributed by atoms with Crippen LogP contribution in [0.2, 0.25) is 0 Å². The van der Waals surface area contributed by atoms with Crippen molar-refractivity contribution in [2.24, 2.45) is 5.92 Å². The minimum Gasteiger partial charge on any atom is -0.396 e. The second-order valence-corrected chi connectivity index (χ2v) is 3.62. The summed E-state index contributed by atoms with van der Waals surface area (Å²) in [5.74, 6) is 0.597. The van der Waals surface area contributed by atoms with Crippen LogP contribution < -0.4 is 0 Å². The molecule has 14 heavy (non-hydrogen) atoms. The van der Waals surface area contributed by atoms with E-state index in [0.29, 0.717) is 5.92 Å². The van der Waals surface area contributed by atoms with Crippen LogP contribution >= 0.6 is 0 Å². The highest BCUT2D eigenvalue weighted by molar-refractivity contribution is 5.24. The van der Waals surface area contributed by atoms with Crippen LogP contribution in [0.4, 0.5) is 0 Å². The molecule has 0 heterocycles. The average molecular weight is 190 g/mol. The van der Waals surface area contributed by atoms with Crippen LogP contribution in [-0.2, 0) is 0 Å². The Morgan fingerprint density at radius 3 is 2.43 bits per heavy atom. The highest BCUT2D eigenvalue weighted by Gasteiger charge is 2.14. The first-order valence-electron chi connectivity index (χ1n) is 5.08. The molecule has 1 aromatic rings. The van der Waals surface area contributed by atoms with Gasteiger partial charge in [0.25, 0.3) is 0 Å². The molecule has 1 heteroatoms. The van der Waals surface area contributed by atoms with Crippen molar-refractivity contribution in [1.29, 1.82) is 0 Å². The largest absolute Gasteiger partial charge is 0.396 e. The lowest BCUT2D eigenvalue weighted by molar-refractivity contribution is 0.227. The molecule has 1 N–H and O–H groups in total. The monoisotopic (exact) mass is 190 g/mol. The van der Waals surface area contributed by atoms with Crippen molar-refractivity contribution in [3.05, 3.63) is 48.0 Å². The second-order valence-electron chi connectivity index (χ2n) is 3.62. The fourth-order valence-electron chi connectivity index (χ4n) is 1.63. The molecule has 1 rings (SSSR count). The van der Waals surface area contributed by atoms with Gasteiger partial charge in [-0.15, -0.1) is 0 Å². The zero-order valence-corrected chi connectivity index (χ0v) is 8.85. The van der Waals surface area contributed by atoms with Gasteiger partial charge in [-0.05, 0) is 18.4 Å². The van der Waals surface area contributed by atoms with Crippen LogP contribution in [0.25, 0.3) is 0 Å². The second kappa shape index (κ2) is 5.61. The summed E-state index contributed by atoms with van der Waals surface area (Å²) in [6.07, 6.45) is 4.19. The number of hydrogen-bond acceptors (Lipinski definition) is 1. The third kappa shape index (κ3) is 2.71. The molecule has 0 aliphatic carbocycles. The Labute approximate surface area is 86.1 Å². The predicted molar refractivity (Wildman–Crippen MR) is 60.2 cm³/mol. The molecule has 0 saturated heterocycles. The summed E-state index contributed by atoms with van der Waals surface area (Å²) in [4.78, 5) is 0. The number of aliphatic hydroxyl groups excluding tert-OH is 1. The van der Waals surface area contributed by atoms with Crippen LogP contribution in [0.15, 0.2) is 42.5 Å². The van der Waals surface area contributed by atoms with E-state index in [1.54, 1.807) is 0 Å². The molecule has 0 spiro atoms. The van der Waals surface area contributed by atoms with Crippen molar-refractivity contribution >= 4 is 0 Å². The van der Waals surface area contributed by atoms with Gasteiger partial charge in [0, 0.05) is 12.5 Å². The normalized spacial score (nSPS) is 15.6. The van der Waals surface area contributed by atoms with Crippen LogP contribution in [0.5, 0.6) is 0 Å². The molecule has 0 aliphatic heterocycles. The Kier molecular flexibility index (Phi) is 4.41. The van der Waals surface area contributed by atoms with Crippen LogP contribution in [0.3, 0.4) is 0 Å². The maximum absolute atomic E-state index is 9.16. The summed E-state index contributed by atoms with van der Waals surface area (Å²) in [5.41, 5.74) is 1.27. The standard InChI is InChI=1S/C13H18O/c1-3-7-13(11(2)10-14)12-8-5-4-6-9-12/h3-9,11,13-14H,10H2,1-2H3/b7-3+/t11-,13+/m1/s1. The fraction of sp³-hybridized carbons (Fsp3) is 0.385. The smallest absolute Gasteiger partial charge is 0.0465 e. The van der Waals surface area contributed by atoms with Crippen LogP contribution in [0.1, 0.15) is 25.3 Å². The summed E-state index contributed by atoms with van der Waals surface area (Å²) in [5, 5.41) is 9.16. The molecule has 1 nitrogen and oxygen atoms in total. The lowest BCUT2D eigenvalue weighted by atomic mass is 9.87. The minimum atomic E-state index is 0.226. The van der Waals surface area contributed by atoms with E-state index in [0.717, 1.165) is 0 Å². The van der Waals surface area contributed by atoms with E-state index in [9.17, 15) is 0 Å². The first-order valence-corrected chi connectivity index (χ1v) is 5.08. The molecule has 0 fully saturated rings. The van der Waals surface area contributed by atoms with Gasteiger partial charge in [0.2, 0.25) is 0 Å². The molecule has 0 radical (unpaired) electrons. The number of aliphatic hydroxyl groups is 1. The highest BCUT2D eigenvalue weighted by Crippen LogP contribution is 2.25. The highest BCUT2D eigenvalue weighted by atomic mass is 16.3. The number of hydrogen-bond donors (Lipinski definition) is 1. The fourth-order valence-corrected chi connectivity index (χ4v) is 1.63. The van der Waals surface area contributed by atoms with Gasteiger partial charge in [-0.3, -0.25) is 0 Å². The Balaban J connectivity index is 2.88. The van der Waals surface area contributed by atoms with Gasteiger partial charge in [0.1, 0.15) is 0 Å². The zero-order valence-electron chi connectivity index (χ0n) is 8.85. The van der Waals surface area contributed by atoms with Gasteiger partial charge in [-0.25, -0.2) is 0 Å². The average Bonchev–Trinajstić information content (AvgIpc) is 2.26. The third-order valence-electron chi connectivity index (χ3n) is 2.49. The van der Waals surface area contributed by atoms with Crippen LogP contribution in [-0.4, -0.2) is 11.7 Å². The third-order valence-corrected chi connectivity index (χ3v) is 2.49. The van der Waals surface area contributed by atoms with Gasteiger partial charge >= 0.3 is 0 Å². The summed E-state index contributed by atoms with van der Waals surface area (Å²) >= 11 is 0. The lowest BCUT2D eigenvalue weighted by Crippen LogP contribution is -2.11. The molecular weight excluding hydrogens is 172 g/mol. The first-order chi connectivity index (χ1) is 6.79. The quantitative estimate of drug-likeness (QED) is 0.724. The van der Waals surface area contributed by atoms with E-state index in [4.69, 9.17) is 5.11 Å². The molecule has 0 unspecified atom stereocenters. The van der Waals surface area contributed by atoms with Gasteiger partial charge in [0.15, 0.2) is 0 Å². The van der Waals surface area contributed by atoms with E-state index in [1.165, 1.54) is 5.56 Å². The molecule has 0 bridgehead atoms. The summed E-state index contributed by atoms with van der Waals surface area (Å²) < 4.78 is 0. The predicted octanol–water partition coefficient (Wildman–Crippen LogP) is 2.97. The van der Waals surface area contributed by atoms with Crippen LogP contribution in [0, 0.1) is 5.92 Å². The topological polar surface area (TPSA) is 20.2 Å². The zero-order chi connectivity index (χ0) is 10.4. The maximum atomic E-state index is 9.16. The van der Waals surface area contributed by atoms with Gasteiger partial charge in [-0.2, -0.15) is 0 Å². The lowest BCUT2D eigenvalue weighted by Gasteiger charge is -2.19. The van der Waals surface area contributed by atoms with E-state index in [-0.39, 0.29) is 12.5 Å². The Hall–Kier alpha value is -1.08. The Bertz CT molecular complexity index is 277. The number of rotatable bonds is 4. The Morgan fingerprint density at radius 2 is 1.93 bits per heavy atom. The summed E-state index contributed by atoms with van der Waals surface area (Å²) in [6, 6.07) is 10.3. The molecule has 0 aliphatic rings. The number of allylic oxidation sites excluding steroid dienone is 2. The maximum Gasteiger partial charge on any atom is 0.0465 e. The van der Waals surface area contributed by atoms with Crippen molar-refractivity contribution in [2.45, 2.75) is 19.8 Å². The molecular formula is C13H18O. The molecule has 1 aromatic carbocycles. The SMILES string of the molecule is C/C=C/[C@H](c1ccccc1)[C@H](C)CO. The van der Waals surface area contributed by atoms with Gasteiger partial charge in [-0.1, -0.05) is 49.4 Å². The summed E-state index contributed by atoms with van der Waals surface area (Å²) in [6.45, 7) is 4.31. The molecule has 76 valence electrons. The van der Waals surface area contributed by atoms with E-state index in [1.807, 2.05) is 31.2 Å². The minimum absolute atomic E-state index is 0.226. The number of benzene rings is 1. The molecule has 0 aromatic heterocycles. The first kappa shape index (κ1) is 11.0. The van der Waals surface area contributed by atoms with E-state index >= 15 is 0 Å². The molecule has 0 saturated carbocycles. The molecule has 0 amide bonds. The molecule has 2 atom stereocenters. The summed E-state index contributed by atoms with van der Waals surface area (Å²) in [7, 11) is 0. The van der Waals surface area contributed by atoms with E-state index < -0.39 is 0 Å². The van der Waals surface area contributed by atoms with Crippen molar-refractivity contribution in [2.75, 3.05) is 6.61 Å². The Morgan fingerprint density at radius 1 is 1.29 bits per heavy atom.